The van der Waals surface area contributed by atoms with Gasteiger partial charge in [0.2, 0.25) is 0 Å². The van der Waals surface area contributed by atoms with Crippen molar-refractivity contribution in [3.8, 4) is 0 Å². The molecule has 2 aromatic rings. The number of nitrogens with one attached hydrogen (secondary N) is 2. The van der Waals surface area contributed by atoms with Crippen LogP contribution in [0.25, 0.3) is 0 Å². The highest BCUT2D eigenvalue weighted by Gasteiger charge is 2.33. The third kappa shape index (κ3) is 1.98. The zero-order valence-corrected chi connectivity index (χ0v) is 12.4. The van der Waals surface area contributed by atoms with Gasteiger partial charge in [0.1, 0.15) is 0 Å². The number of aromatic nitrogens is 2. The molecular weight excluding hydrogens is 284 g/mol. The molecule has 0 saturated heterocycles. The number of nitrogens with zero attached hydrogens (tertiary/aromatic N) is 2. The van der Waals surface area contributed by atoms with Crippen molar-refractivity contribution in [3.63, 3.8) is 0 Å². The molecule has 7 heteroatoms. The summed E-state index contributed by atoms with van der Waals surface area (Å²) in [6.45, 7) is 3.58. The van der Waals surface area contributed by atoms with Crippen molar-refractivity contribution in [2.75, 3.05) is 12.4 Å². The Kier molecular flexibility index (Phi) is 3.05. The number of aromatic amines is 1. The van der Waals surface area contributed by atoms with Crippen molar-refractivity contribution in [1.82, 2.24) is 15.1 Å². The minimum absolute atomic E-state index is 0.251. The molecule has 3 rings (SSSR count). The zero-order valence-electron chi connectivity index (χ0n) is 12.4. The standard InChI is InChI=1S/C15H14N4O3/c1-7-12(8(2)18-17-7)16-13(20)9-4-5-10-11(6-9)15(22)19(3)14(10)21/h4-6H,1-3H3,(H,16,20)(H,17,18). The fourth-order valence-electron chi connectivity index (χ4n) is 2.42. The lowest BCUT2D eigenvalue weighted by Crippen LogP contribution is -2.24. The number of fused-ring (bicyclic) bond motifs is 1. The monoisotopic (exact) mass is 298 g/mol. The molecule has 3 amide bonds. The van der Waals surface area contributed by atoms with E-state index >= 15 is 0 Å². The molecule has 7 nitrogen and oxygen atoms in total. The van der Waals surface area contributed by atoms with Gasteiger partial charge in [0.15, 0.2) is 0 Å². The predicted molar refractivity (Wildman–Crippen MR) is 78.9 cm³/mol. The summed E-state index contributed by atoms with van der Waals surface area (Å²) in [5.74, 6) is -1.11. The van der Waals surface area contributed by atoms with E-state index in [0.29, 0.717) is 22.5 Å². The molecule has 1 aliphatic rings. The lowest BCUT2D eigenvalue weighted by atomic mass is 10.1. The molecule has 1 aromatic heterocycles. The molecule has 1 aliphatic heterocycles. The molecule has 0 bridgehead atoms. The van der Waals surface area contributed by atoms with Gasteiger partial charge in [-0.2, -0.15) is 5.10 Å². The van der Waals surface area contributed by atoms with Crippen LogP contribution in [0.4, 0.5) is 5.69 Å². The van der Waals surface area contributed by atoms with E-state index < -0.39 is 5.91 Å². The second-order valence-corrected chi connectivity index (χ2v) is 5.19. The van der Waals surface area contributed by atoms with E-state index in [0.717, 1.165) is 10.6 Å². The van der Waals surface area contributed by atoms with Crippen LogP contribution in [0, 0.1) is 13.8 Å². The number of hydrogen-bond acceptors (Lipinski definition) is 4. The molecule has 0 atom stereocenters. The normalized spacial score (nSPS) is 13.5. The molecule has 22 heavy (non-hydrogen) atoms. The zero-order chi connectivity index (χ0) is 16.0. The van der Waals surface area contributed by atoms with E-state index in [-0.39, 0.29) is 17.4 Å². The largest absolute Gasteiger partial charge is 0.319 e. The molecule has 0 saturated carbocycles. The van der Waals surface area contributed by atoms with Gasteiger partial charge in [-0.25, -0.2) is 0 Å². The first-order chi connectivity index (χ1) is 10.4. The number of hydrogen-bond donors (Lipinski definition) is 2. The summed E-state index contributed by atoms with van der Waals surface area (Å²) in [4.78, 5) is 37.2. The number of rotatable bonds is 2. The summed E-state index contributed by atoms with van der Waals surface area (Å²) in [5, 5.41) is 9.55. The smallest absolute Gasteiger partial charge is 0.261 e. The van der Waals surface area contributed by atoms with Crippen molar-refractivity contribution in [2.24, 2.45) is 0 Å². The number of carbonyl (C=O) groups excluding carboxylic acids is 3. The van der Waals surface area contributed by atoms with Crippen molar-refractivity contribution in [2.45, 2.75) is 13.8 Å². The highest BCUT2D eigenvalue weighted by Crippen LogP contribution is 2.24. The average Bonchev–Trinajstić information content (AvgIpc) is 2.93. The number of carbonyl (C=O) groups is 3. The Hall–Kier alpha value is -2.96. The molecule has 0 spiro atoms. The highest BCUT2D eigenvalue weighted by atomic mass is 16.2. The van der Waals surface area contributed by atoms with Crippen LogP contribution in [0.1, 0.15) is 42.5 Å². The molecule has 1 aromatic carbocycles. The molecule has 2 N–H and O–H groups in total. The summed E-state index contributed by atoms with van der Waals surface area (Å²) >= 11 is 0. The Morgan fingerprint density at radius 3 is 2.50 bits per heavy atom. The number of H-pyrrole nitrogens is 1. The maximum absolute atomic E-state index is 12.3. The summed E-state index contributed by atoms with van der Waals surface area (Å²) in [6, 6.07) is 4.48. The number of anilines is 1. The van der Waals surface area contributed by atoms with E-state index in [1.807, 2.05) is 0 Å². The van der Waals surface area contributed by atoms with Crippen LogP contribution in [0.3, 0.4) is 0 Å². The van der Waals surface area contributed by atoms with E-state index in [9.17, 15) is 14.4 Å². The van der Waals surface area contributed by atoms with Crippen LogP contribution in [-0.4, -0.2) is 39.9 Å². The van der Waals surface area contributed by atoms with Crippen molar-refractivity contribution >= 4 is 23.4 Å². The molecule has 2 heterocycles. The number of imide groups is 1. The maximum atomic E-state index is 12.3. The fourth-order valence-corrected chi connectivity index (χ4v) is 2.42. The van der Waals surface area contributed by atoms with Crippen LogP contribution in [0.5, 0.6) is 0 Å². The molecule has 0 aliphatic carbocycles. The summed E-state index contributed by atoms with van der Waals surface area (Å²) in [6.07, 6.45) is 0. The van der Waals surface area contributed by atoms with Crippen LogP contribution in [0.15, 0.2) is 18.2 Å². The molecule has 0 unspecified atom stereocenters. The Morgan fingerprint density at radius 1 is 1.18 bits per heavy atom. The van der Waals surface area contributed by atoms with Gasteiger partial charge in [-0.05, 0) is 32.0 Å². The van der Waals surface area contributed by atoms with Crippen molar-refractivity contribution in [1.29, 1.82) is 0 Å². The highest BCUT2D eigenvalue weighted by molar-refractivity contribution is 6.22. The van der Waals surface area contributed by atoms with Gasteiger partial charge >= 0.3 is 0 Å². The van der Waals surface area contributed by atoms with E-state index in [1.165, 1.54) is 25.2 Å². The first kappa shape index (κ1) is 14.0. The van der Waals surface area contributed by atoms with E-state index in [4.69, 9.17) is 0 Å². The van der Waals surface area contributed by atoms with Crippen LogP contribution >= 0.6 is 0 Å². The van der Waals surface area contributed by atoms with Gasteiger partial charge in [0.05, 0.1) is 28.2 Å². The Balaban J connectivity index is 1.93. The quantitative estimate of drug-likeness (QED) is 0.821. The SMILES string of the molecule is Cc1n[nH]c(C)c1NC(=O)c1ccc2c(c1)C(=O)N(C)C2=O. The van der Waals surface area contributed by atoms with Crippen molar-refractivity contribution < 1.29 is 14.4 Å². The fraction of sp³-hybridized carbons (Fsp3) is 0.200. The summed E-state index contributed by atoms with van der Waals surface area (Å²) in [5.41, 5.74) is 2.93. The average molecular weight is 298 g/mol. The van der Waals surface area contributed by atoms with Crippen molar-refractivity contribution in [3.05, 3.63) is 46.3 Å². The predicted octanol–water partition coefficient (Wildman–Crippen LogP) is 1.50. The number of benzene rings is 1. The summed E-state index contributed by atoms with van der Waals surface area (Å²) in [7, 11) is 1.42. The number of amides is 3. The van der Waals surface area contributed by atoms with Gasteiger partial charge in [-0.1, -0.05) is 0 Å². The first-order valence-corrected chi connectivity index (χ1v) is 6.69. The van der Waals surface area contributed by atoms with Gasteiger partial charge in [0.25, 0.3) is 17.7 Å². The third-order valence-electron chi connectivity index (χ3n) is 3.72. The second kappa shape index (κ2) is 4.80. The molecular formula is C15H14N4O3. The van der Waals surface area contributed by atoms with E-state index in [2.05, 4.69) is 15.5 Å². The Morgan fingerprint density at radius 2 is 1.86 bits per heavy atom. The topological polar surface area (TPSA) is 95.2 Å². The Bertz CT molecular complexity index is 803. The molecule has 112 valence electrons. The van der Waals surface area contributed by atoms with Gasteiger partial charge in [0, 0.05) is 12.6 Å². The third-order valence-corrected chi connectivity index (χ3v) is 3.72. The van der Waals surface area contributed by atoms with Crippen LogP contribution in [-0.2, 0) is 0 Å². The first-order valence-electron chi connectivity index (χ1n) is 6.69. The lowest BCUT2D eigenvalue weighted by molar-refractivity contribution is 0.0693. The Labute approximate surface area is 126 Å². The second-order valence-electron chi connectivity index (χ2n) is 5.19. The van der Waals surface area contributed by atoms with Crippen LogP contribution in [0.2, 0.25) is 0 Å². The van der Waals surface area contributed by atoms with Gasteiger partial charge in [-0.3, -0.25) is 24.4 Å². The molecule has 0 radical (unpaired) electrons. The lowest BCUT2D eigenvalue weighted by Gasteiger charge is -2.06. The minimum Gasteiger partial charge on any atom is -0.319 e. The number of aryl methyl sites for hydroxylation is 2. The molecule has 0 fully saturated rings. The van der Waals surface area contributed by atoms with Crippen LogP contribution < -0.4 is 5.32 Å². The van der Waals surface area contributed by atoms with Gasteiger partial charge in [-0.15, -0.1) is 0 Å². The maximum Gasteiger partial charge on any atom is 0.261 e. The van der Waals surface area contributed by atoms with Gasteiger partial charge < -0.3 is 5.32 Å². The minimum atomic E-state index is -0.398. The summed E-state index contributed by atoms with van der Waals surface area (Å²) < 4.78 is 0. The van der Waals surface area contributed by atoms with E-state index in [1.54, 1.807) is 13.8 Å².